The number of hydrogen-bond donors (Lipinski definition) is 2. The monoisotopic (exact) mass is 180 g/mol. The fourth-order valence-corrected chi connectivity index (χ4v) is 1.60. The number of nitrogens with one attached hydrogen (secondary N) is 1. The van der Waals surface area contributed by atoms with Crippen molar-refractivity contribution in [3.8, 4) is 0 Å². The van der Waals surface area contributed by atoms with E-state index < -0.39 is 0 Å². The highest BCUT2D eigenvalue weighted by atomic mass is 16.2. The Bertz CT molecular complexity index is 307. The first-order valence-corrected chi connectivity index (χ1v) is 4.38. The number of aromatic nitrogens is 2. The van der Waals surface area contributed by atoms with Gasteiger partial charge in [-0.1, -0.05) is 0 Å². The number of aryl methyl sites for hydroxylation is 2. The van der Waals surface area contributed by atoms with Gasteiger partial charge in [0.25, 0.3) is 5.91 Å². The molecule has 5 heteroatoms. The Hall–Kier alpha value is -1.36. The Balaban J connectivity index is 2.30. The lowest BCUT2D eigenvalue weighted by molar-refractivity contribution is 0.0949. The molecule has 0 radical (unpaired) electrons. The Kier molecular flexibility index (Phi) is 2.02. The molecule has 0 atom stereocenters. The number of hydrogen-bond acceptors (Lipinski definition) is 3. The average molecular weight is 180 g/mol. The van der Waals surface area contributed by atoms with Crippen LogP contribution in [0, 0.1) is 0 Å². The summed E-state index contributed by atoms with van der Waals surface area (Å²) in [5, 5.41) is 0. The number of fused-ring (bicyclic) bond motifs is 1. The summed E-state index contributed by atoms with van der Waals surface area (Å²) in [4.78, 5) is 15.3. The number of imidazole rings is 1. The van der Waals surface area contributed by atoms with Gasteiger partial charge in [-0.2, -0.15) is 0 Å². The van der Waals surface area contributed by atoms with E-state index in [1.165, 1.54) is 0 Å². The molecular weight excluding hydrogens is 168 g/mol. The zero-order valence-corrected chi connectivity index (χ0v) is 7.29. The SMILES string of the molecule is NNC(=O)c1cn2c(n1)CCCC2. The molecule has 13 heavy (non-hydrogen) atoms. The molecule has 5 nitrogen and oxygen atoms in total. The quantitative estimate of drug-likeness (QED) is 0.358. The highest BCUT2D eigenvalue weighted by Crippen LogP contribution is 2.14. The second kappa shape index (κ2) is 3.18. The van der Waals surface area contributed by atoms with E-state index >= 15 is 0 Å². The number of amides is 1. The van der Waals surface area contributed by atoms with E-state index in [2.05, 4.69) is 10.4 Å². The number of rotatable bonds is 1. The van der Waals surface area contributed by atoms with E-state index in [1.54, 1.807) is 6.20 Å². The zero-order valence-electron chi connectivity index (χ0n) is 7.29. The van der Waals surface area contributed by atoms with Crippen molar-refractivity contribution in [1.82, 2.24) is 15.0 Å². The average Bonchev–Trinajstić information content (AvgIpc) is 2.59. The van der Waals surface area contributed by atoms with Crippen LogP contribution in [0.3, 0.4) is 0 Å². The van der Waals surface area contributed by atoms with E-state index in [-0.39, 0.29) is 5.91 Å². The number of nitrogen functional groups attached to an aromatic ring is 1. The highest BCUT2D eigenvalue weighted by molar-refractivity contribution is 5.91. The summed E-state index contributed by atoms with van der Waals surface area (Å²) in [5.41, 5.74) is 2.49. The maximum Gasteiger partial charge on any atom is 0.285 e. The summed E-state index contributed by atoms with van der Waals surface area (Å²) in [5.74, 6) is 5.69. The van der Waals surface area contributed by atoms with E-state index in [1.807, 2.05) is 4.57 Å². The van der Waals surface area contributed by atoms with Gasteiger partial charge in [-0.05, 0) is 12.8 Å². The second-order valence-electron chi connectivity index (χ2n) is 3.17. The van der Waals surface area contributed by atoms with Gasteiger partial charge in [0.1, 0.15) is 11.5 Å². The third-order valence-corrected chi connectivity index (χ3v) is 2.27. The Morgan fingerprint density at radius 3 is 3.15 bits per heavy atom. The smallest absolute Gasteiger partial charge is 0.285 e. The maximum absolute atomic E-state index is 11.1. The minimum absolute atomic E-state index is 0.318. The number of carbonyl (C=O) groups is 1. The Morgan fingerprint density at radius 1 is 1.62 bits per heavy atom. The van der Waals surface area contributed by atoms with Crippen LogP contribution in [-0.4, -0.2) is 15.5 Å². The van der Waals surface area contributed by atoms with Gasteiger partial charge in [0.05, 0.1) is 0 Å². The van der Waals surface area contributed by atoms with Gasteiger partial charge in [0.2, 0.25) is 0 Å². The fourth-order valence-electron chi connectivity index (χ4n) is 1.60. The molecule has 2 heterocycles. The number of nitrogens with zero attached hydrogens (tertiary/aromatic N) is 2. The largest absolute Gasteiger partial charge is 0.334 e. The molecule has 70 valence electrons. The molecule has 1 aromatic heterocycles. The predicted molar refractivity (Wildman–Crippen MR) is 46.8 cm³/mol. The molecule has 3 N–H and O–H groups in total. The van der Waals surface area contributed by atoms with Gasteiger partial charge < -0.3 is 4.57 Å². The summed E-state index contributed by atoms with van der Waals surface area (Å²) in [6, 6.07) is 0. The van der Waals surface area contributed by atoms with Crippen LogP contribution < -0.4 is 11.3 Å². The topological polar surface area (TPSA) is 72.9 Å². The number of hydrazine groups is 1. The van der Waals surface area contributed by atoms with Crippen molar-refractivity contribution in [1.29, 1.82) is 0 Å². The third-order valence-electron chi connectivity index (χ3n) is 2.27. The lowest BCUT2D eigenvalue weighted by Gasteiger charge is -2.11. The van der Waals surface area contributed by atoms with E-state index in [0.29, 0.717) is 5.69 Å². The third kappa shape index (κ3) is 1.42. The number of carbonyl (C=O) groups excluding carboxylic acids is 1. The lowest BCUT2D eigenvalue weighted by atomic mass is 10.2. The van der Waals surface area contributed by atoms with Crippen molar-refractivity contribution in [3.05, 3.63) is 17.7 Å². The van der Waals surface area contributed by atoms with Gasteiger partial charge >= 0.3 is 0 Å². The second-order valence-corrected chi connectivity index (χ2v) is 3.17. The molecule has 1 aliphatic rings. The fraction of sp³-hybridized carbons (Fsp3) is 0.500. The highest BCUT2D eigenvalue weighted by Gasteiger charge is 2.15. The summed E-state index contributed by atoms with van der Waals surface area (Å²) in [6.45, 7) is 0.959. The van der Waals surface area contributed by atoms with Crippen LogP contribution in [0.15, 0.2) is 6.20 Å². The van der Waals surface area contributed by atoms with E-state index in [0.717, 1.165) is 31.6 Å². The zero-order chi connectivity index (χ0) is 9.26. The minimum Gasteiger partial charge on any atom is -0.334 e. The van der Waals surface area contributed by atoms with Crippen molar-refractivity contribution in [2.24, 2.45) is 5.84 Å². The predicted octanol–water partition coefficient (Wildman–Crippen LogP) is -0.177. The summed E-state index contributed by atoms with van der Waals surface area (Å²) >= 11 is 0. The molecule has 0 fully saturated rings. The van der Waals surface area contributed by atoms with Gasteiger partial charge in [0.15, 0.2) is 0 Å². The molecular formula is C8H12N4O. The summed E-state index contributed by atoms with van der Waals surface area (Å²) in [6.07, 6.45) is 5.03. The van der Waals surface area contributed by atoms with Crippen LogP contribution >= 0.6 is 0 Å². The number of nitrogens with two attached hydrogens (primary N) is 1. The molecule has 2 rings (SSSR count). The first kappa shape index (κ1) is 8.25. The molecule has 0 aliphatic carbocycles. The summed E-state index contributed by atoms with van der Waals surface area (Å²) in [7, 11) is 0. The molecule has 1 amide bonds. The van der Waals surface area contributed by atoms with Crippen molar-refractivity contribution in [2.75, 3.05) is 0 Å². The van der Waals surface area contributed by atoms with Gasteiger partial charge in [-0.25, -0.2) is 10.8 Å². The molecule has 0 aromatic carbocycles. The molecule has 0 bridgehead atoms. The van der Waals surface area contributed by atoms with Crippen molar-refractivity contribution < 1.29 is 4.79 Å². The maximum atomic E-state index is 11.1. The molecule has 1 aliphatic heterocycles. The molecule has 0 saturated carbocycles. The summed E-state index contributed by atoms with van der Waals surface area (Å²) < 4.78 is 2.02. The molecule has 1 aromatic rings. The standard InChI is InChI=1S/C8H12N4O/c9-11-8(13)6-5-12-4-2-1-3-7(12)10-6/h5H,1-4,9H2,(H,11,13). The van der Waals surface area contributed by atoms with Crippen molar-refractivity contribution >= 4 is 5.91 Å². The van der Waals surface area contributed by atoms with Crippen LogP contribution in [0.25, 0.3) is 0 Å². The van der Waals surface area contributed by atoms with Crippen molar-refractivity contribution in [2.45, 2.75) is 25.8 Å². The molecule has 0 unspecified atom stereocenters. The minimum atomic E-state index is -0.318. The lowest BCUT2D eigenvalue weighted by Crippen LogP contribution is -2.30. The van der Waals surface area contributed by atoms with Crippen LogP contribution in [0.5, 0.6) is 0 Å². The Labute approximate surface area is 75.9 Å². The van der Waals surface area contributed by atoms with Crippen LogP contribution in [0.4, 0.5) is 0 Å². The van der Waals surface area contributed by atoms with Gasteiger partial charge in [-0.3, -0.25) is 10.2 Å². The normalized spacial score (nSPS) is 15.2. The van der Waals surface area contributed by atoms with Crippen LogP contribution in [-0.2, 0) is 13.0 Å². The first-order valence-electron chi connectivity index (χ1n) is 4.38. The van der Waals surface area contributed by atoms with Gasteiger partial charge in [-0.15, -0.1) is 0 Å². The first-order chi connectivity index (χ1) is 6.31. The van der Waals surface area contributed by atoms with Crippen LogP contribution in [0.2, 0.25) is 0 Å². The molecule has 0 saturated heterocycles. The van der Waals surface area contributed by atoms with Gasteiger partial charge in [0, 0.05) is 19.2 Å². The van der Waals surface area contributed by atoms with E-state index in [9.17, 15) is 4.79 Å². The van der Waals surface area contributed by atoms with E-state index in [4.69, 9.17) is 5.84 Å². The Morgan fingerprint density at radius 2 is 2.46 bits per heavy atom. The van der Waals surface area contributed by atoms with Crippen molar-refractivity contribution in [3.63, 3.8) is 0 Å². The van der Waals surface area contributed by atoms with Crippen LogP contribution in [0.1, 0.15) is 29.2 Å². The molecule has 0 spiro atoms.